The van der Waals surface area contributed by atoms with Crippen LogP contribution in [0.5, 0.6) is 0 Å². The molecule has 0 atom stereocenters. The molecule has 88 valence electrons. The number of aromatic amines is 1. The summed E-state index contributed by atoms with van der Waals surface area (Å²) >= 11 is 4.76. The van der Waals surface area contributed by atoms with Gasteiger partial charge in [-0.3, -0.25) is 5.10 Å². The summed E-state index contributed by atoms with van der Waals surface area (Å²) in [5.41, 5.74) is 7.40. The third-order valence-electron chi connectivity index (χ3n) is 2.23. The second-order valence-corrected chi connectivity index (χ2v) is 4.14. The first-order chi connectivity index (χ1) is 8.13. The number of thiocarbonyl (C=S) groups is 1. The maximum absolute atomic E-state index is 5.39. The van der Waals surface area contributed by atoms with E-state index in [1.54, 1.807) is 0 Å². The number of hydrogen-bond donors (Lipinski definition) is 3. The number of rotatable bonds is 3. The third kappa shape index (κ3) is 3.25. The van der Waals surface area contributed by atoms with Crippen LogP contribution in [0.4, 0.5) is 5.69 Å². The number of aryl methyl sites for hydroxylation is 1. The Kier molecular flexibility index (Phi) is 3.34. The van der Waals surface area contributed by atoms with Gasteiger partial charge in [0.1, 0.15) is 5.82 Å². The summed E-state index contributed by atoms with van der Waals surface area (Å²) in [5, 5.41) is 10.0. The maximum atomic E-state index is 5.39. The molecule has 0 spiro atoms. The molecular weight excluding hydrogens is 234 g/mol. The molecule has 1 aromatic carbocycles. The van der Waals surface area contributed by atoms with Crippen LogP contribution in [-0.4, -0.2) is 20.3 Å². The van der Waals surface area contributed by atoms with Crippen LogP contribution in [0, 0.1) is 6.92 Å². The molecule has 4 N–H and O–H groups in total. The van der Waals surface area contributed by atoms with Gasteiger partial charge in [0, 0.05) is 12.1 Å². The van der Waals surface area contributed by atoms with Crippen LogP contribution in [0.3, 0.4) is 0 Å². The molecule has 1 aromatic heterocycles. The second-order valence-electron chi connectivity index (χ2n) is 3.70. The quantitative estimate of drug-likeness (QED) is 0.714. The van der Waals surface area contributed by atoms with Gasteiger partial charge < -0.3 is 11.1 Å². The van der Waals surface area contributed by atoms with Crippen LogP contribution in [0.25, 0.3) is 0 Å². The van der Waals surface area contributed by atoms with Gasteiger partial charge in [0.05, 0.1) is 0 Å². The molecule has 0 bridgehead atoms. The van der Waals surface area contributed by atoms with Crippen molar-refractivity contribution in [2.75, 3.05) is 5.32 Å². The zero-order valence-electron chi connectivity index (χ0n) is 9.40. The summed E-state index contributed by atoms with van der Waals surface area (Å²) in [6.45, 7) is 1.88. The molecule has 6 heteroatoms. The Morgan fingerprint density at radius 3 is 2.65 bits per heavy atom. The number of anilines is 1. The lowest BCUT2D eigenvalue weighted by Crippen LogP contribution is -2.18. The van der Waals surface area contributed by atoms with Crippen molar-refractivity contribution in [2.45, 2.75) is 13.3 Å². The van der Waals surface area contributed by atoms with Crippen molar-refractivity contribution in [2.24, 2.45) is 5.73 Å². The van der Waals surface area contributed by atoms with Gasteiger partial charge in [0.2, 0.25) is 0 Å². The average molecular weight is 247 g/mol. The van der Waals surface area contributed by atoms with E-state index in [-0.39, 0.29) is 5.11 Å². The van der Waals surface area contributed by atoms with Crippen LogP contribution >= 0.6 is 12.2 Å². The number of aromatic nitrogens is 3. The molecule has 0 saturated heterocycles. The van der Waals surface area contributed by atoms with Crippen molar-refractivity contribution in [3.63, 3.8) is 0 Å². The highest BCUT2D eigenvalue weighted by atomic mass is 32.1. The summed E-state index contributed by atoms with van der Waals surface area (Å²) in [6, 6.07) is 7.83. The summed E-state index contributed by atoms with van der Waals surface area (Å²) in [7, 11) is 0. The average Bonchev–Trinajstić information content (AvgIpc) is 2.66. The van der Waals surface area contributed by atoms with Crippen molar-refractivity contribution in [1.29, 1.82) is 0 Å². The van der Waals surface area contributed by atoms with Crippen molar-refractivity contribution >= 4 is 23.0 Å². The monoisotopic (exact) mass is 247 g/mol. The molecule has 2 aromatic rings. The standard InChI is InChI=1S/C11H13N5S/c1-7-13-10(16-15-7)6-8-2-4-9(5-3-8)14-11(12)17/h2-5H,6H2,1H3,(H3,12,14,17)(H,13,15,16). The molecule has 0 amide bonds. The van der Waals surface area contributed by atoms with E-state index in [9.17, 15) is 0 Å². The highest BCUT2D eigenvalue weighted by Gasteiger charge is 2.02. The number of nitrogens with zero attached hydrogens (tertiary/aromatic N) is 2. The number of nitrogens with two attached hydrogens (primary N) is 1. The summed E-state index contributed by atoms with van der Waals surface area (Å²) in [4.78, 5) is 4.25. The summed E-state index contributed by atoms with van der Waals surface area (Å²) in [5.74, 6) is 1.62. The van der Waals surface area contributed by atoms with Gasteiger partial charge in [-0.1, -0.05) is 12.1 Å². The lowest BCUT2D eigenvalue weighted by molar-refractivity contribution is 0.970. The normalized spacial score (nSPS) is 10.2. The molecular formula is C11H13N5S. The van der Waals surface area contributed by atoms with Gasteiger partial charge in [-0.15, -0.1) is 0 Å². The molecule has 2 rings (SSSR count). The van der Waals surface area contributed by atoms with Crippen molar-refractivity contribution in [3.8, 4) is 0 Å². The van der Waals surface area contributed by atoms with Crippen LogP contribution in [0.1, 0.15) is 17.2 Å². The zero-order chi connectivity index (χ0) is 12.3. The fourth-order valence-corrected chi connectivity index (χ4v) is 1.62. The number of benzene rings is 1. The Balaban J connectivity index is 2.05. The lowest BCUT2D eigenvalue weighted by atomic mass is 10.1. The molecule has 0 fully saturated rings. The number of hydrogen-bond acceptors (Lipinski definition) is 3. The third-order valence-corrected chi connectivity index (χ3v) is 2.33. The first-order valence-electron chi connectivity index (χ1n) is 5.17. The summed E-state index contributed by atoms with van der Waals surface area (Å²) < 4.78 is 0. The van der Waals surface area contributed by atoms with Gasteiger partial charge in [0.25, 0.3) is 0 Å². The molecule has 0 aliphatic carbocycles. The fraction of sp³-hybridized carbons (Fsp3) is 0.182. The first-order valence-corrected chi connectivity index (χ1v) is 5.57. The summed E-state index contributed by atoms with van der Waals surface area (Å²) in [6.07, 6.45) is 0.706. The molecule has 5 nitrogen and oxygen atoms in total. The second kappa shape index (κ2) is 4.92. The molecule has 0 aliphatic rings. The van der Waals surface area contributed by atoms with E-state index >= 15 is 0 Å². The van der Waals surface area contributed by atoms with Crippen LogP contribution in [0.15, 0.2) is 24.3 Å². The van der Waals surface area contributed by atoms with Crippen molar-refractivity contribution in [1.82, 2.24) is 15.2 Å². The van der Waals surface area contributed by atoms with Crippen molar-refractivity contribution in [3.05, 3.63) is 41.5 Å². The van der Waals surface area contributed by atoms with E-state index < -0.39 is 0 Å². The topological polar surface area (TPSA) is 79.6 Å². The number of H-pyrrole nitrogens is 1. The minimum atomic E-state index is 0.266. The Bertz CT molecular complexity index is 517. The van der Waals surface area contributed by atoms with E-state index in [4.69, 9.17) is 18.0 Å². The van der Waals surface area contributed by atoms with E-state index in [2.05, 4.69) is 20.5 Å². The Hall–Kier alpha value is -1.95. The molecule has 0 saturated carbocycles. The van der Waals surface area contributed by atoms with Gasteiger partial charge in [-0.25, -0.2) is 4.98 Å². The smallest absolute Gasteiger partial charge is 0.168 e. The van der Waals surface area contributed by atoms with Gasteiger partial charge in [0.15, 0.2) is 10.9 Å². The zero-order valence-corrected chi connectivity index (χ0v) is 10.2. The molecule has 0 unspecified atom stereocenters. The predicted molar refractivity (Wildman–Crippen MR) is 70.8 cm³/mol. The Morgan fingerprint density at radius 2 is 2.12 bits per heavy atom. The fourth-order valence-electron chi connectivity index (χ4n) is 1.50. The first kappa shape index (κ1) is 11.5. The van der Waals surface area contributed by atoms with Crippen LogP contribution in [-0.2, 0) is 6.42 Å². The molecule has 1 heterocycles. The molecule has 0 radical (unpaired) electrons. The minimum absolute atomic E-state index is 0.266. The van der Waals surface area contributed by atoms with Crippen molar-refractivity contribution < 1.29 is 0 Å². The SMILES string of the molecule is Cc1nc(Cc2ccc(NC(N)=S)cc2)n[nH]1. The Morgan fingerprint density at radius 1 is 1.41 bits per heavy atom. The minimum Gasteiger partial charge on any atom is -0.376 e. The Labute approximate surface area is 104 Å². The van der Waals surface area contributed by atoms with Gasteiger partial charge >= 0.3 is 0 Å². The van der Waals surface area contributed by atoms with Gasteiger partial charge in [-0.05, 0) is 36.8 Å². The number of nitrogens with one attached hydrogen (secondary N) is 2. The van der Waals surface area contributed by atoms with E-state index in [1.807, 2.05) is 31.2 Å². The highest BCUT2D eigenvalue weighted by molar-refractivity contribution is 7.80. The van der Waals surface area contributed by atoms with Gasteiger partial charge in [-0.2, -0.15) is 5.10 Å². The van der Waals surface area contributed by atoms with E-state index in [0.29, 0.717) is 6.42 Å². The van der Waals surface area contributed by atoms with E-state index in [0.717, 1.165) is 22.9 Å². The lowest BCUT2D eigenvalue weighted by Gasteiger charge is -2.04. The van der Waals surface area contributed by atoms with Crippen LogP contribution in [0.2, 0.25) is 0 Å². The maximum Gasteiger partial charge on any atom is 0.168 e. The van der Waals surface area contributed by atoms with E-state index in [1.165, 1.54) is 0 Å². The molecule has 17 heavy (non-hydrogen) atoms. The largest absolute Gasteiger partial charge is 0.376 e. The molecule has 0 aliphatic heterocycles. The highest BCUT2D eigenvalue weighted by Crippen LogP contribution is 2.11. The predicted octanol–water partition coefficient (Wildman–Crippen LogP) is 1.36. The van der Waals surface area contributed by atoms with Crippen LogP contribution < -0.4 is 11.1 Å².